The van der Waals surface area contributed by atoms with Crippen LogP contribution in [0.4, 0.5) is 14.6 Å². The Bertz CT molecular complexity index is 1120. The van der Waals surface area contributed by atoms with E-state index in [9.17, 15) is 17.2 Å². The van der Waals surface area contributed by atoms with Gasteiger partial charge in [-0.1, -0.05) is 18.2 Å². The lowest BCUT2D eigenvalue weighted by Gasteiger charge is -2.07. The molecule has 2 heterocycles. The maximum atomic E-state index is 14.0. The minimum absolute atomic E-state index is 0.00273. The van der Waals surface area contributed by atoms with Crippen molar-refractivity contribution in [3.63, 3.8) is 0 Å². The van der Waals surface area contributed by atoms with Crippen molar-refractivity contribution in [3.8, 4) is 17.4 Å². The highest BCUT2D eigenvalue weighted by Crippen LogP contribution is 2.23. The van der Waals surface area contributed by atoms with Crippen molar-refractivity contribution >= 4 is 15.7 Å². The molecule has 0 saturated carbocycles. The van der Waals surface area contributed by atoms with Crippen LogP contribution in [0.15, 0.2) is 36.5 Å². The first-order chi connectivity index (χ1) is 13.8. The quantitative estimate of drug-likeness (QED) is 0.593. The third kappa shape index (κ3) is 5.25. The highest BCUT2D eigenvalue weighted by molar-refractivity contribution is 7.90. The Morgan fingerprint density at radius 1 is 1.21 bits per heavy atom. The molecule has 3 rings (SSSR count). The molecule has 0 unspecified atom stereocenters. The molecule has 1 N–H and O–H groups in total. The molecule has 0 aliphatic carbocycles. The largest absolute Gasteiger partial charge is 0.481 e. The first-order valence-corrected chi connectivity index (χ1v) is 10.6. The lowest BCUT2D eigenvalue weighted by atomic mass is 10.2. The van der Waals surface area contributed by atoms with E-state index in [1.807, 2.05) is 0 Å². The molecule has 29 heavy (non-hydrogen) atoms. The fraction of sp³-hybridized carbons (Fsp3) is 0.278. The Morgan fingerprint density at radius 3 is 2.66 bits per heavy atom. The van der Waals surface area contributed by atoms with Crippen molar-refractivity contribution in [2.24, 2.45) is 0 Å². The van der Waals surface area contributed by atoms with Crippen molar-refractivity contribution in [1.82, 2.24) is 19.7 Å². The molecule has 0 saturated heterocycles. The van der Waals surface area contributed by atoms with Crippen LogP contribution in [-0.2, 0) is 16.4 Å². The summed E-state index contributed by atoms with van der Waals surface area (Å²) < 4.78 is 57.1. The van der Waals surface area contributed by atoms with Crippen molar-refractivity contribution in [1.29, 1.82) is 0 Å². The molecule has 0 fully saturated rings. The maximum Gasteiger partial charge on any atom is 0.212 e. The van der Waals surface area contributed by atoms with E-state index in [0.717, 1.165) is 12.5 Å². The van der Waals surface area contributed by atoms with Gasteiger partial charge in [-0.15, -0.1) is 0 Å². The van der Waals surface area contributed by atoms with Gasteiger partial charge in [0.2, 0.25) is 5.88 Å². The first kappa shape index (κ1) is 20.6. The highest BCUT2D eigenvalue weighted by Gasteiger charge is 2.16. The summed E-state index contributed by atoms with van der Waals surface area (Å²) in [4.78, 5) is 8.01. The molecule has 0 spiro atoms. The SMILES string of the molecule is COc1cc(-c2ncc(F)c(NCCS(C)(=O)=O)n2)nn1Cc1ccccc1F. The minimum Gasteiger partial charge on any atom is -0.481 e. The zero-order chi connectivity index (χ0) is 21.0. The minimum atomic E-state index is -3.20. The predicted molar refractivity (Wildman–Crippen MR) is 103 cm³/mol. The van der Waals surface area contributed by atoms with E-state index >= 15 is 0 Å². The molecule has 11 heteroatoms. The summed E-state index contributed by atoms with van der Waals surface area (Å²) >= 11 is 0. The first-order valence-electron chi connectivity index (χ1n) is 8.56. The van der Waals surface area contributed by atoms with E-state index < -0.39 is 15.7 Å². The molecule has 0 aliphatic heterocycles. The second-order valence-corrected chi connectivity index (χ2v) is 8.53. The van der Waals surface area contributed by atoms with E-state index in [4.69, 9.17) is 4.74 Å². The molecule has 0 radical (unpaired) electrons. The Balaban J connectivity index is 1.86. The summed E-state index contributed by atoms with van der Waals surface area (Å²) in [6, 6.07) is 7.84. The number of aromatic nitrogens is 4. The predicted octanol–water partition coefficient (Wildman–Crippen LogP) is 2.13. The van der Waals surface area contributed by atoms with Crippen molar-refractivity contribution in [2.45, 2.75) is 6.54 Å². The third-order valence-electron chi connectivity index (χ3n) is 3.97. The van der Waals surface area contributed by atoms with Crippen molar-refractivity contribution in [2.75, 3.05) is 31.0 Å². The lowest BCUT2D eigenvalue weighted by molar-refractivity contribution is 0.365. The van der Waals surface area contributed by atoms with Gasteiger partial charge < -0.3 is 10.1 Å². The van der Waals surface area contributed by atoms with Gasteiger partial charge in [0, 0.05) is 24.4 Å². The summed E-state index contributed by atoms with van der Waals surface area (Å²) in [5.41, 5.74) is 0.716. The van der Waals surface area contributed by atoms with E-state index in [0.29, 0.717) is 17.1 Å². The molecular formula is C18H19F2N5O3S. The van der Waals surface area contributed by atoms with Crippen LogP contribution >= 0.6 is 0 Å². The van der Waals surface area contributed by atoms with Gasteiger partial charge in [0.15, 0.2) is 17.5 Å². The highest BCUT2D eigenvalue weighted by atomic mass is 32.2. The number of nitrogens with zero attached hydrogens (tertiary/aromatic N) is 4. The van der Waals surface area contributed by atoms with Gasteiger partial charge in [-0.05, 0) is 6.07 Å². The number of halogens is 2. The zero-order valence-electron chi connectivity index (χ0n) is 15.8. The smallest absolute Gasteiger partial charge is 0.212 e. The van der Waals surface area contributed by atoms with Gasteiger partial charge in [0.05, 0.1) is 25.6 Å². The van der Waals surface area contributed by atoms with Crippen LogP contribution in [0.1, 0.15) is 5.56 Å². The topological polar surface area (TPSA) is 99.0 Å². The monoisotopic (exact) mass is 423 g/mol. The molecule has 3 aromatic rings. The van der Waals surface area contributed by atoms with Crippen molar-refractivity contribution < 1.29 is 21.9 Å². The number of nitrogens with one attached hydrogen (secondary N) is 1. The molecule has 0 amide bonds. The van der Waals surface area contributed by atoms with E-state index in [1.165, 1.54) is 17.9 Å². The average molecular weight is 423 g/mol. The Morgan fingerprint density at radius 2 is 1.97 bits per heavy atom. The Kier molecular flexibility index (Phi) is 6.06. The normalized spacial score (nSPS) is 11.4. The van der Waals surface area contributed by atoms with E-state index in [2.05, 4.69) is 20.4 Å². The van der Waals surface area contributed by atoms with Gasteiger partial charge in [-0.25, -0.2) is 31.8 Å². The number of rotatable bonds is 8. The number of sulfone groups is 1. The van der Waals surface area contributed by atoms with Crippen LogP contribution in [0.3, 0.4) is 0 Å². The third-order valence-corrected chi connectivity index (χ3v) is 4.91. The molecule has 8 nitrogen and oxygen atoms in total. The van der Waals surface area contributed by atoms with Gasteiger partial charge in [0.1, 0.15) is 21.3 Å². The molecule has 1 aromatic carbocycles. The number of methoxy groups -OCH3 is 1. The second kappa shape index (κ2) is 8.52. The average Bonchev–Trinajstić information content (AvgIpc) is 3.07. The maximum absolute atomic E-state index is 14.0. The van der Waals surface area contributed by atoms with Gasteiger partial charge in [-0.3, -0.25) is 0 Å². The Hall–Kier alpha value is -3.08. The molecular weight excluding hydrogens is 404 g/mol. The number of benzene rings is 1. The number of anilines is 1. The fourth-order valence-electron chi connectivity index (χ4n) is 2.54. The summed E-state index contributed by atoms with van der Waals surface area (Å²) in [6.07, 6.45) is 2.05. The van der Waals surface area contributed by atoms with Crippen LogP contribution in [0.5, 0.6) is 5.88 Å². The second-order valence-electron chi connectivity index (χ2n) is 6.27. The summed E-state index contributed by atoms with van der Waals surface area (Å²) in [7, 11) is -1.75. The Labute approximate surface area is 166 Å². The van der Waals surface area contributed by atoms with Crippen LogP contribution in [-0.4, -0.2) is 53.8 Å². The van der Waals surface area contributed by atoms with Gasteiger partial charge in [-0.2, -0.15) is 5.10 Å². The fourth-order valence-corrected chi connectivity index (χ4v) is 3.02. The van der Waals surface area contributed by atoms with Crippen LogP contribution in [0, 0.1) is 11.6 Å². The molecule has 0 aliphatic rings. The van der Waals surface area contributed by atoms with Crippen LogP contribution in [0.2, 0.25) is 0 Å². The molecule has 0 bridgehead atoms. The van der Waals surface area contributed by atoms with E-state index in [1.54, 1.807) is 24.3 Å². The number of hydrogen-bond acceptors (Lipinski definition) is 7. The number of ether oxygens (including phenoxy) is 1. The lowest BCUT2D eigenvalue weighted by Crippen LogP contribution is -2.16. The van der Waals surface area contributed by atoms with Gasteiger partial charge in [0.25, 0.3) is 0 Å². The molecule has 154 valence electrons. The van der Waals surface area contributed by atoms with Crippen LogP contribution < -0.4 is 10.1 Å². The summed E-state index contributed by atoms with van der Waals surface area (Å²) in [6.45, 7) is 0.119. The number of hydrogen-bond donors (Lipinski definition) is 1. The molecule has 0 atom stereocenters. The van der Waals surface area contributed by atoms with E-state index in [-0.39, 0.29) is 36.3 Å². The molecule has 2 aromatic heterocycles. The van der Waals surface area contributed by atoms with Gasteiger partial charge >= 0.3 is 0 Å². The zero-order valence-corrected chi connectivity index (χ0v) is 16.6. The summed E-state index contributed by atoms with van der Waals surface area (Å²) in [5.74, 6) is -0.943. The van der Waals surface area contributed by atoms with Crippen LogP contribution in [0.25, 0.3) is 11.5 Å². The summed E-state index contributed by atoms with van der Waals surface area (Å²) in [5, 5.41) is 6.97. The standard InChI is InChI=1S/C18H19F2N5O3S/c1-28-16-9-15(24-25(16)11-12-5-3-4-6-13(12)19)18-22-10-14(20)17(23-18)21-7-8-29(2,26)27/h3-6,9-10H,7-8,11H2,1-2H3,(H,21,22,23). The van der Waals surface area contributed by atoms with Crippen molar-refractivity contribution in [3.05, 3.63) is 53.7 Å².